The summed E-state index contributed by atoms with van der Waals surface area (Å²) in [6.45, 7) is 3.73. The van der Waals surface area contributed by atoms with Crippen LogP contribution in [-0.2, 0) is 17.9 Å². The molecular weight excluding hydrogens is 390 g/mol. The maximum Gasteiger partial charge on any atom is 0.264 e. The van der Waals surface area contributed by atoms with Crippen molar-refractivity contribution in [1.29, 1.82) is 0 Å². The molecule has 9 heteroatoms. The van der Waals surface area contributed by atoms with Crippen LogP contribution in [0.25, 0.3) is 11.0 Å². The van der Waals surface area contributed by atoms with Crippen molar-refractivity contribution in [3.8, 4) is 0 Å². The van der Waals surface area contributed by atoms with E-state index in [0.29, 0.717) is 29.0 Å². The van der Waals surface area contributed by atoms with Gasteiger partial charge >= 0.3 is 0 Å². The largest absolute Gasteiger partial charge is 0.324 e. The highest BCUT2D eigenvalue weighted by Crippen LogP contribution is 2.29. The van der Waals surface area contributed by atoms with Gasteiger partial charge in [0.25, 0.3) is 6.43 Å². The molecule has 0 radical (unpaired) electrons. The number of carbonyl (C=O) groups excluding carboxylic acids is 1. The van der Waals surface area contributed by atoms with Gasteiger partial charge in [-0.1, -0.05) is 12.1 Å². The van der Waals surface area contributed by atoms with Crippen molar-refractivity contribution in [2.75, 3.05) is 5.32 Å². The lowest BCUT2D eigenvalue weighted by molar-refractivity contribution is -0.116. The predicted molar refractivity (Wildman–Crippen MR) is 108 cm³/mol. The highest BCUT2D eigenvalue weighted by atomic mass is 19.3. The Bertz CT molecular complexity index is 1200. The fraction of sp³-hybridized carbons (Fsp3) is 0.238. The van der Waals surface area contributed by atoms with Gasteiger partial charge in [0.15, 0.2) is 5.65 Å². The van der Waals surface area contributed by atoms with Crippen LogP contribution in [0.4, 0.5) is 14.5 Å². The van der Waals surface area contributed by atoms with Crippen molar-refractivity contribution < 1.29 is 13.6 Å². The van der Waals surface area contributed by atoms with E-state index in [9.17, 15) is 13.6 Å². The lowest BCUT2D eigenvalue weighted by Crippen LogP contribution is -2.20. The summed E-state index contributed by atoms with van der Waals surface area (Å²) in [6, 6.07) is 10.6. The van der Waals surface area contributed by atoms with Crippen LogP contribution in [0.15, 0.2) is 48.8 Å². The molecule has 30 heavy (non-hydrogen) atoms. The quantitative estimate of drug-likeness (QED) is 0.524. The number of pyridine rings is 1. The van der Waals surface area contributed by atoms with Gasteiger partial charge in [0.05, 0.1) is 17.6 Å². The number of hydrogen-bond acceptors (Lipinski definition) is 4. The fourth-order valence-electron chi connectivity index (χ4n) is 3.46. The van der Waals surface area contributed by atoms with E-state index < -0.39 is 6.43 Å². The molecule has 0 saturated carbocycles. The second kappa shape index (κ2) is 8.02. The third-order valence-electron chi connectivity index (χ3n) is 4.68. The van der Waals surface area contributed by atoms with Gasteiger partial charge in [-0.3, -0.25) is 9.48 Å². The molecule has 7 nitrogen and oxygen atoms in total. The molecule has 3 heterocycles. The molecule has 1 aromatic carbocycles. The van der Waals surface area contributed by atoms with E-state index in [1.807, 2.05) is 30.5 Å². The van der Waals surface area contributed by atoms with E-state index in [2.05, 4.69) is 20.5 Å². The molecule has 0 aliphatic carbocycles. The summed E-state index contributed by atoms with van der Waals surface area (Å²) in [5.41, 5.74) is 2.65. The van der Waals surface area contributed by atoms with Crippen molar-refractivity contribution in [3.63, 3.8) is 0 Å². The van der Waals surface area contributed by atoms with Gasteiger partial charge in [-0.25, -0.2) is 18.4 Å². The molecular formula is C21H20F2N6O. The van der Waals surface area contributed by atoms with E-state index in [0.717, 1.165) is 5.56 Å². The molecule has 4 aromatic rings. The van der Waals surface area contributed by atoms with Crippen molar-refractivity contribution in [3.05, 3.63) is 71.3 Å². The van der Waals surface area contributed by atoms with Crippen LogP contribution >= 0.6 is 0 Å². The highest BCUT2D eigenvalue weighted by molar-refractivity contribution is 5.92. The van der Waals surface area contributed by atoms with Crippen LogP contribution in [0, 0.1) is 13.8 Å². The second-order valence-corrected chi connectivity index (χ2v) is 7.05. The summed E-state index contributed by atoms with van der Waals surface area (Å²) in [5, 5.41) is 11.6. The predicted octanol–water partition coefficient (Wildman–Crippen LogP) is 3.87. The molecule has 0 atom stereocenters. The summed E-state index contributed by atoms with van der Waals surface area (Å²) in [7, 11) is 0. The number of nitrogens with one attached hydrogen (secondary N) is 1. The van der Waals surface area contributed by atoms with E-state index in [1.165, 1.54) is 10.7 Å². The van der Waals surface area contributed by atoms with Gasteiger partial charge in [-0.15, -0.1) is 0 Å². The Morgan fingerprint density at radius 3 is 2.77 bits per heavy atom. The normalized spacial score (nSPS) is 11.4. The van der Waals surface area contributed by atoms with E-state index in [4.69, 9.17) is 0 Å². The summed E-state index contributed by atoms with van der Waals surface area (Å²) in [6.07, 6.45) is 0.924. The molecule has 0 unspecified atom stereocenters. The number of benzene rings is 1. The number of halogens is 2. The van der Waals surface area contributed by atoms with Crippen LogP contribution < -0.4 is 5.32 Å². The van der Waals surface area contributed by atoms with E-state index >= 15 is 0 Å². The number of aryl methyl sites for hydroxylation is 2. The molecule has 0 saturated heterocycles. The fourth-order valence-corrected chi connectivity index (χ4v) is 3.46. The SMILES string of the molecule is Cc1cc(C(F)F)c2c(C)nn(CC(=O)Nc3cccc(Cn4cccn4)c3)c2n1. The van der Waals surface area contributed by atoms with Gasteiger partial charge in [-0.2, -0.15) is 10.2 Å². The minimum Gasteiger partial charge on any atom is -0.324 e. The summed E-state index contributed by atoms with van der Waals surface area (Å²) in [4.78, 5) is 16.9. The van der Waals surface area contributed by atoms with Crippen LogP contribution in [0.5, 0.6) is 0 Å². The monoisotopic (exact) mass is 410 g/mol. The Labute approximate surface area is 171 Å². The first-order valence-electron chi connectivity index (χ1n) is 9.40. The number of rotatable bonds is 6. The van der Waals surface area contributed by atoms with E-state index in [1.54, 1.807) is 30.8 Å². The number of anilines is 1. The van der Waals surface area contributed by atoms with Crippen molar-refractivity contribution in [2.45, 2.75) is 33.4 Å². The molecule has 0 aliphatic rings. The van der Waals surface area contributed by atoms with Gasteiger partial charge < -0.3 is 5.32 Å². The van der Waals surface area contributed by atoms with Gasteiger partial charge in [-0.05, 0) is 43.7 Å². The highest BCUT2D eigenvalue weighted by Gasteiger charge is 2.20. The topological polar surface area (TPSA) is 77.6 Å². The number of aromatic nitrogens is 5. The van der Waals surface area contributed by atoms with Crippen LogP contribution in [0.3, 0.4) is 0 Å². The molecule has 1 N–H and O–H groups in total. The maximum atomic E-state index is 13.4. The lowest BCUT2D eigenvalue weighted by atomic mass is 10.1. The van der Waals surface area contributed by atoms with Crippen molar-refractivity contribution in [2.24, 2.45) is 0 Å². The molecule has 0 fully saturated rings. The Balaban J connectivity index is 1.54. The lowest BCUT2D eigenvalue weighted by Gasteiger charge is -2.09. The van der Waals surface area contributed by atoms with Gasteiger partial charge in [0, 0.05) is 29.3 Å². The summed E-state index contributed by atoms with van der Waals surface area (Å²) < 4.78 is 30.0. The second-order valence-electron chi connectivity index (χ2n) is 7.05. The molecule has 154 valence electrons. The molecule has 3 aromatic heterocycles. The zero-order valence-corrected chi connectivity index (χ0v) is 16.5. The average molecular weight is 410 g/mol. The Morgan fingerprint density at radius 2 is 2.03 bits per heavy atom. The first-order chi connectivity index (χ1) is 14.4. The smallest absolute Gasteiger partial charge is 0.264 e. The maximum absolute atomic E-state index is 13.4. The molecule has 0 aliphatic heterocycles. The van der Waals surface area contributed by atoms with E-state index in [-0.39, 0.29) is 23.7 Å². The minimum atomic E-state index is -2.64. The summed E-state index contributed by atoms with van der Waals surface area (Å²) >= 11 is 0. The summed E-state index contributed by atoms with van der Waals surface area (Å²) in [5.74, 6) is -0.322. The Kier molecular flexibility index (Phi) is 5.26. The Morgan fingerprint density at radius 1 is 1.20 bits per heavy atom. The number of fused-ring (bicyclic) bond motifs is 1. The van der Waals surface area contributed by atoms with Crippen molar-refractivity contribution in [1.82, 2.24) is 24.5 Å². The molecule has 0 bridgehead atoms. The molecule has 1 amide bonds. The Hall–Kier alpha value is -3.62. The molecule has 0 spiro atoms. The van der Waals surface area contributed by atoms with Crippen LogP contribution in [-0.4, -0.2) is 30.5 Å². The first-order valence-corrected chi connectivity index (χ1v) is 9.40. The zero-order valence-electron chi connectivity index (χ0n) is 16.5. The number of carbonyl (C=O) groups is 1. The molecule has 4 rings (SSSR count). The number of amides is 1. The first kappa shape index (κ1) is 19.7. The minimum absolute atomic E-state index is 0.118. The van der Waals surface area contributed by atoms with Crippen LogP contribution in [0.1, 0.15) is 28.9 Å². The number of alkyl halides is 2. The number of nitrogens with zero attached hydrogens (tertiary/aromatic N) is 5. The van der Waals surface area contributed by atoms with Crippen LogP contribution in [0.2, 0.25) is 0 Å². The van der Waals surface area contributed by atoms with Gasteiger partial charge in [0.1, 0.15) is 6.54 Å². The third-order valence-corrected chi connectivity index (χ3v) is 4.68. The average Bonchev–Trinajstić information content (AvgIpc) is 3.29. The zero-order chi connectivity index (χ0) is 21.3. The standard InChI is InChI=1S/C21H20F2N6O/c1-13-9-17(20(22)23)19-14(2)27-29(21(19)25-13)12-18(30)26-16-6-3-5-15(10-16)11-28-8-4-7-24-28/h3-10,20H,11-12H2,1-2H3,(H,26,30). The van der Waals surface area contributed by atoms with Gasteiger partial charge in [0.2, 0.25) is 5.91 Å². The third kappa shape index (κ3) is 4.05. The number of hydrogen-bond donors (Lipinski definition) is 1. The van der Waals surface area contributed by atoms with Crippen molar-refractivity contribution >= 4 is 22.6 Å².